The van der Waals surface area contributed by atoms with E-state index < -0.39 is 0 Å². The standard InChI is InChI=1S/C27H27ClN4O3/c1-17-20(9-11-32(2)16-18-5-8-24-25(14-18)35-13-12-34-24)22-15-19(6-7-23(22)30-17)31-27(33)21-4-3-10-29-26(21)28/h3-8,10,14-15,30H,9,11-13,16H2,1-2H3,(H,31,33). The number of likely N-dealkylation sites (N-methyl/N-ethyl adjacent to an activating group) is 1. The number of benzene rings is 2. The molecule has 0 saturated heterocycles. The molecule has 2 aromatic heterocycles. The third kappa shape index (κ3) is 5.11. The highest BCUT2D eigenvalue weighted by Crippen LogP contribution is 2.31. The van der Waals surface area contributed by atoms with Crippen molar-refractivity contribution in [3.63, 3.8) is 0 Å². The number of pyridine rings is 1. The van der Waals surface area contributed by atoms with Gasteiger partial charge in [-0.1, -0.05) is 17.7 Å². The molecule has 0 spiro atoms. The van der Waals surface area contributed by atoms with Gasteiger partial charge in [0.1, 0.15) is 18.4 Å². The number of fused-ring (bicyclic) bond motifs is 2. The third-order valence-electron chi connectivity index (χ3n) is 6.18. The Kier molecular flexibility index (Phi) is 6.61. The van der Waals surface area contributed by atoms with Crippen LogP contribution in [0.5, 0.6) is 11.5 Å². The smallest absolute Gasteiger partial charge is 0.258 e. The molecule has 7 nitrogen and oxygen atoms in total. The lowest BCUT2D eigenvalue weighted by atomic mass is 10.1. The fourth-order valence-corrected chi connectivity index (χ4v) is 4.62. The molecule has 1 amide bonds. The van der Waals surface area contributed by atoms with Crippen molar-refractivity contribution in [3.05, 3.63) is 82.3 Å². The van der Waals surface area contributed by atoms with Gasteiger partial charge in [0.25, 0.3) is 5.91 Å². The van der Waals surface area contributed by atoms with E-state index in [1.54, 1.807) is 18.3 Å². The number of carbonyl (C=O) groups excluding carboxylic acids is 1. The molecule has 1 aliphatic heterocycles. The Morgan fingerprint density at radius 1 is 1.14 bits per heavy atom. The first-order valence-electron chi connectivity index (χ1n) is 11.6. The quantitative estimate of drug-likeness (QED) is 0.347. The minimum Gasteiger partial charge on any atom is -0.486 e. The zero-order valence-corrected chi connectivity index (χ0v) is 20.5. The lowest BCUT2D eigenvalue weighted by molar-refractivity contribution is 0.102. The van der Waals surface area contributed by atoms with Gasteiger partial charge in [-0.25, -0.2) is 4.98 Å². The maximum atomic E-state index is 12.7. The number of rotatable bonds is 7. The van der Waals surface area contributed by atoms with Crippen LogP contribution in [-0.4, -0.2) is 47.6 Å². The summed E-state index contributed by atoms with van der Waals surface area (Å²) in [6.45, 7) is 4.96. The van der Waals surface area contributed by atoms with Gasteiger partial charge in [0.2, 0.25) is 0 Å². The second kappa shape index (κ2) is 9.98. The van der Waals surface area contributed by atoms with Gasteiger partial charge in [-0.2, -0.15) is 0 Å². The van der Waals surface area contributed by atoms with Gasteiger partial charge in [-0.3, -0.25) is 4.79 Å². The summed E-state index contributed by atoms with van der Waals surface area (Å²) in [5, 5.41) is 4.23. The lowest BCUT2D eigenvalue weighted by Crippen LogP contribution is -2.21. The molecule has 0 saturated carbocycles. The SMILES string of the molecule is Cc1[nH]c2ccc(NC(=O)c3cccnc3Cl)cc2c1CCN(C)Cc1ccc2c(c1)OCCO2. The summed E-state index contributed by atoms with van der Waals surface area (Å²) in [5.41, 5.74) is 5.67. The number of halogens is 1. The number of hydrogen-bond acceptors (Lipinski definition) is 5. The second-order valence-corrected chi connectivity index (χ2v) is 9.11. The van der Waals surface area contributed by atoms with Crippen LogP contribution in [0.1, 0.15) is 27.2 Å². The summed E-state index contributed by atoms with van der Waals surface area (Å²) in [6.07, 6.45) is 2.43. The van der Waals surface area contributed by atoms with Crippen LogP contribution in [-0.2, 0) is 13.0 Å². The van der Waals surface area contributed by atoms with E-state index in [1.807, 2.05) is 24.3 Å². The van der Waals surface area contributed by atoms with Crippen molar-refractivity contribution in [3.8, 4) is 11.5 Å². The molecule has 0 radical (unpaired) electrons. The van der Waals surface area contributed by atoms with Crippen molar-refractivity contribution < 1.29 is 14.3 Å². The number of nitrogens with one attached hydrogen (secondary N) is 2. The van der Waals surface area contributed by atoms with Crippen molar-refractivity contribution in [1.82, 2.24) is 14.9 Å². The lowest BCUT2D eigenvalue weighted by Gasteiger charge is -2.21. The van der Waals surface area contributed by atoms with Gasteiger partial charge >= 0.3 is 0 Å². The Hall–Kier alpha value is -3.55. The van der Waals surface area contributed by atoms with Gasteiger partial charge in [-0.05, 0) is 74.0 Å². The Morgan fingerprint density at radius 3 is 2.80 bits per heavy atom. The highest BCUT2D eigenvalue weighted by molar-refractivity contribution is 6.33. The van der Waals surface area contributed by atoms with Gasteiger partial charge in [-0.15, -0.1) is 0 Å². The fraction of sp³-hybridized carbons (Fsp3) is 0.259. The molecular formula is C27H27ClN4O3. The number of anilines is 1. The molecule has 0 fully saturated rings. The van der Waals surface area contributed by atoms with E-state index in [0.717, 1.165) is 47.6 Å². The van der Waals surface area contributed by atoms with Crippen LogP contribution < -0.4 is 14.8 Å². The van der Waals surface area contributed by atoms with E-state index in [-0.39, 0.29) is 11.1 Å². The zero-order chi connectivity index (χ0) is 24.4. The number of aromatic amines is 1. The first kappa shape index (κ1) is 23.2. The Bertz CT molecular complexity index is 1380. The Morgan fingerprint density at radius 2 is 1.97 bits per heavy atom. The fourth-order valence-electron chi connectivity index (χ4n) is 4.42. The molecule has 5 rings (SSSR count). The number of nitrogens with zero attached hydrogens (tertiary/aromatic N) is 2. The van der Waals surface area contributed by atoms with E-state index in [9.17, 15) is 4.79 Å². The van der Waals surface area contributed by atoms with E-state index >= 15 is 0 Å². The molecule has 1 aliphatic rings. The molecule has 8 heteroatoms. The molecule has 3 heterocycles. The number of amides is 1. The number of carbonyl (C=O) groups is 1. The third-order valence-corrected chi connectivity index (χ3v) is 6.48. The maximum absolute atomic E-state index is 12.7. The maximum Gasteiger partial charge on any atom is 0.258 e. The van der Waals surface area contributed by atoms with Crippen LogP contribution in [0.25, 0.3) is 10.9 Å². The van der Waals surface area contributed by atoms with Crippen LogP contribution in [0.4, 0.5) is 5.69 Å². The van der Waals surface area contributed by atoms with Crippen molar-refractivity contribution >= 4 is 34.1 Å². The normalized spacial score (nSPS) is 12.8. The molecule has 180 valence electrons. The number of H-pyrrole nitrogens is 1. The average Bonchev–Trinajstić information content (AvgIpc) is 3.17. The minimum atomic E-state index is -0.282. The van der Waals surface area contributed by atoms with E-state index in [0.29, 0.717) is 24.5 Å². The van der Waals surface area contributed by atoms with Crippen molar-refractivity contribution in [2.45, 2.75) is 19.9 Å². The topological polar surface area (TPSA) is 79.5 Å². The molecule has 0 unspecified atom stereocenters. The van der Waals surface area contributed by atoms with Gasteiger partial charge in [0, 0.05) is 41.6 Å². The van der Waals surface area contributed by atoms with Gasteiger partial charge < -0.3 is 24.7 Å². The zero-order valence-electron chi connectivity index (χ0n) is 19.7. The first-order chi connectivity index (χ1) is 17.0. The Balaban J connectivity index is 1.28. The van der Waals surface area contributed by atoms with Crippen LogP contribution in [0.3, 0.4) is 0 Å². The first-order valence-corrected chi connectivity index (χ1v) is 12.0. The van der Waals surface area contributed by atoms with Crippen molar-refractivity contribution in [2.75, 3.05) is 32.1 Å². The summed E-state index contributed by atoms with van der Waals surface area (Å²) in [6, 6.07) is 15.4. The molecule has 2 N–H and O–H groups in total. The van der Waals surface area contributed by atoms with E-state index in [2.05, 4.69) is 46.3 Å². The van der Waals surface area contributed by atoms with Crippen molar-refractivity contribution in [1.29, 1.82) is 0 Å². The number of aryl methyl sites for hydroxylation is 1. The highest BCUT2D eigenvalue weighted by atomic mass is 35.5. The van der Waals surface area contributed by atoms with Crippen LogP contribution in [0.2, 0.25) is 5.15 Å². The molecule has 2 aromatic carbocycles. The molecule has 35 heavy (non-hydrogen) atoms. The summed E-state index contributed by atoms with van der Waals surface area (Å²) < 4.78 is 11.3. The summed E-state index contributed by atoms with van der Waals surface area (Å²) >= 11 is 6.08. The predicted octanol–water partition coefficient (Wildman–Crippen LogP) is 5.22. The number of aromatic nitrogens is 2. The Labute approximate surface area is 209 Å². The van der Waals surface area contributed by atoms with Crippen LogP contribution in [0, 0.1) is 6.92 Å². The highest BCUT2D eigenvalue weighted by Gasteiger charge is 2.15. The second-order valence-electron chi connectivity index (χ2n) is 8.75. The van der Waals surface area contributed by atoms with E-state index in [4.69, 9.17) is 21.1 Å². The molecule has 0 atom stereocenters. The van der Waals surface area contributed by atoms with Gasteiger partial charge in [0.05, 0.1) is 5.56 Å². The number of ether oxygens (including phenoxy) is 2. The molecule has 0 bridgehead atoms. The van der Waals surface area contributed by atoms with Crippen LogP contribution >= 0.6 is 11.6 Å². The average molecular weight is 491 g/mol. The van der Waals surface area contributed by atoms with Crippen molar-refractivity contribution in [2.24, 2.45) is 0 Å². The minimum absolute atomic E-state index is 0.185. The summed E-state index contributed by atoms with van der Waals surface area (Å²) in [7, 11) is 2.12. The summed E-state index contributed by atoms with van der Waals surface area (Å²) in [5.74, 6) is 1.35. The van der Waals surface area contributed by atoms with E-state index in [1.165, 1.54) is 11.1 Å². The summed E-state index contributed by atoms with van der Waals surface area (Å²) in [4.78, 5) is 22.4. The number of hydrogen-bond donors (Lipinski definition) is 2. The largest absolute Gasteiger partial charge is 0.486 e. The van der Waals surface area contributed by atoms with Gasteiger partial charge in [0.15, 0.2) is 11.5 Å². The monoisotopic (exact) mass is 490 g/mol. The molecule has 0 aliphatic carbocycles. The molecule has 4 aromatic rings. The predicted molar refractivity (Wildman–Crippen MR) is 138 cm³/mol. The molecular weight excluding hydrogens is 464 g/mol. The van der Waals surface area contributed by atoms with Crippen LogP contribution in [0.15, 0.2) is 54.7 Å².